The predicted molar refractivity (Wildman–Crippen MR) is 87.7 cm³/mol. The fourth-order valence-corrected chi connectivity index (χ4v) is 2.34. The lowest BCUT2D eigenvalue weighted by atomic mass is 9.79. The van der Waals surface area contributed by atoms with Crippen molar-refractivity contribution in [3.8, 4) is 5.75 Å². The third kappa shape index (κ3) is 4.59. The van der Waals surface area contributed by atoms with Crippen LogP contribution in [0.5, 0.6) is 5.75 Å². The van der Waals surface area contributed by atoms with Gasteiger partial charge < -0.3 is 20.1 Å². The maximum absolute atomic E-state index is 11.0. The van der Waals surface area contributed by atoms with Crippen molar-refractivity contribution in [1.29, 1.82) is 0 Å². The molecule has 1 aromatic rings. The van der Waals surface area contributed by atoms with Crippen LogP contribution in [0.2, 0.25) is 0 Å². The Kier molecular flexibility index (Phi) is 5.59. The number of amidine groups is 1. The first-order chi connectivity index (χ1) is 10.5. The molecule has 0 unspecified atom stereocenters. The highest BCUT2D eigenvalue weighted by Gasteiger charge is 2.16. The van der Waals surface area contributed by atoms with Crippen molar-refractivity contribution in [3.63, 3.8) is 0 Å². The van der Waals surface area contributed by atoms with E-state index < -0.39 is 7.12 Å². The lowest BCUT2D eigenvalue weighted by Gasteiger charge is -2.13. The number of amides is 1. The van der Waals surface area contributed by atoms with Gasteiger partial charge in [-0.25, -0.2) is 0 Å². The molecule has 9 heteroatoms. The smallest absolute Gasteiger partial charge is 0.488 e. The molecule has 116 valence electrons. The van der Waals surface area contributed by atoms with Gasteiger partial charge in [0.1, 0.15) is 5.75 Å². The summed E-state index contributed by atoms with van der Waals surface area (Å²) in [5.74, 6) is 0.794. The third-order valence-electron chi connectivity index (χ3n) is 2.63. The second-order valence-corrected chi connectivity index (χ2v) is 5.79. The van der Waals surface area contributed by atoms with Crippen LogP contribution in [-0.4, -0.2) is 46.3 Å². The normalized spacial score (nSPS) is 16.6. The molecule has 1 fully saturated rings. The second-order valence-electron chi connectivity index (χ2n) is 4.82. The Morgan fingerprint density at radius 2 is 2.23 bits per heavy atom. The minimum absolute atomic E-state index is 0.0342. The Morgan fingerprint density at radius 1 is 1.45 bits per heavy atom. The summed E-state index contributed by atoms with van der Waals surface area (Å²) in [6, 6.07) is 4.78. The Bertz CT molecular complexity index is 619. The summed E-state index contributed by atoms with van der Waals surface area (Å²) in [4.78, 5) is 11.0. The number of hydrogen-bond acceptors (Lipinski definition) is 7. The summed E-state index contributed by atoms with van der Waals surface area (Å²) in [5.41, 5.74) is 0.895. The molecule has 0 radical (unpaired) electrons. The van der Waals surface area contributed by atoms with Crippen molar-refractivity contribution in [3.05, 3.63) is 23.8 Å². The van der Waals surface area contributed by atoms with Gasteiger partial charge in [-0.2, -0.15) is 5.10 Å². The van der Waals surface area contributed by atoms with Gasteiger partial charge in [0.25, 0.3) is 0 Å². The Labute approximate surface area is 132 Å². The van der Waals surface area contributed by atoms with E-state index in [0.717, 1.165) is 0 Å². The SMILES string of the molecule is CC(C)Oc1ccc(B(O)O)cc1C=NN=C1NC(=O)CS1. The molecule has 0 bridgehead atoms. The Balaban J connectivity index is 2.22. The molecule has 1 aromatic carbocycles. The van der Waals surface area contributed by atoms with Gasteiger partial charge in [0, 0.05) is 5.56 Å². The molecular weight excluding hydrogens is 305 g/mol. The van der Waals surface area contributed by atoms with Gasteiger partial charge in [-0.05, 0) is 31.4 Å². The van der Waals surface area contributed by atoms with Crippen LogP contribution in [0.1, 0.15) is 19.4 Å². The van der Waals surface area contributed by atoms with Crippen LogP contribution in [0.3, 0.4) is 0 Å². The first-order valence-electron chi connectivity index (χ1n) is 6.66. The van der Waals surface area contributed by atoms with Crippen molar-refractivity contribution in [2.45, 2.75) is 20.0 Å². The number of carbonyl (C=O) groups is 1. The topological polar surface area (TPSA) is 104 Å². The zero-order valence-corrected chi connectivity index (χ0v) is 13.0. The summed E-state index contributed by atoms with van der Waals surface area (Å²) in [5, 5.41) is 29.3. The predicted octanol–water partition coefficient (Wildman–Crippen LogP) is -0.294. The average Bonchev–Trinajstić information content (AvgIpc) is 2.85. The molecule has 0 spiro atoms. The molecule has 1 saturated heterocycles. The van der Waals surface area contributed by atoms with Crippen molar-refractivity contribution in [2.24, 2.45) is 10.2 Å². The maximum atomic E-state index is 11.0. The van der Waals surface area contributed by atoms with E-state index in [1.54, 1.807) is 18.2 Å². The molecule has 1 aliphatic heterocycles. The highest BCUT2D eigenvalue weighted by atomic mass is 32.2. The first kappa shape index (κ1) is 16.5. The lowest BCUT2D eigenvalue weighted by molar-refractivity contribution is -0.116. The van der Waals surface area contributed by atoms with E-state index in [4.69, 9.17) is 4.74 Å². The minimum atomic E-state index is -1.57. The number of carbonyl (C=O) groups excluding carboxylic acids is 1. The molecule has 0 atom stereocenters. The van der Waals surface area contributed by atoms with E-state index in [9.17, 15) is 14.8 Å². The molecule has 0 saturated carbocycles. The van der Waals surface area contributed by atoms with E-state index in [1.165, 1.54) is 18.0 Å². The fourth-order valence-electron chi connectivity index (χ4n) is 1.71. The highest BCUT2D eigenvalue weighted by molar-refractivity contribution is 8.15. The van der Waals surface area contributed by atoms with Gasteiger partial charge in [0.2, 0.25) is 5.91 Å². The van der Waals surface area contributed by atoms with Crippen molar-refractivity contribution >= 4 is 41.6 Å². The summed E-state index contributed by atoms with van der Waals surface area (Å²) in [6.45, 7) is 3.78. The number of nitrogens with one attached hydrogen (secondary N) is 1. The average molecular weight is 321 g/mol. The summed E-state index contributed by atoms with van der Waals surface area (Å²) in [6.07, 6.45) is 1.41. The first-order valence-corrected chi connectivity index (χ1v) is 7.64. The Morgan fingerprint density at radius 3 is 2.82 bits per heavy atom. The number of rotatable bonds is 5. The molecule has 3 N–H and O–H groups in total. The lowest BCUT2D eigenvalue weighted by Crippen LogP contribution is -2.30. The Hall–Kier alpha value is -1.84. The molecule has 1 heterocycles. The van der Waals surface area contributed by atoms with Crippen LogP contribution in [0, 0.1) is 0 Å². The van der Waals surface area contributed by atoms with Crippen LogP contribution >= 0.6 is 11.8 Å². The number of hydrogen-bond donors (Lipinski definition) is 3. The van der Waals surface area contributed by atoms with Gasteiger partial charge in [-0.1, -0.05) is 17.8 Å². The van der Waals surface area contributed by atoms with E-state index in [2.05, 4.69) is 15.5 Å². The van der Waals surface area contributed by atoms with Crippen LogP contribution < -0.4 is 15.5 Å². The van der Waals surface area contributed by atoms with E-state index in [0.29, 0.717) is 27.7 Å². The van der Waals surface area contributed by atoms with Crippen molar-refractivity contribution in [1.82, 2.24) is 5.32 Å². The molecule has 1 amide bonds. The fraction of sp³-hybridized carbons (Fsp3) is 0.308. The molecule has 1 aliphatic rings. The summed E-state index contributed by atoms with van der Waals surface area (Å²) >= 11 is 1.27. The van der Waals surface area contributed by atoms with Gasteiger partial charge in [-0.15, -0.1) is 5.10 Å². The zero-order chi connectivity index (χ0) is 16.1. The van der Waals surface area contributed by atoms with Gasteiger partial charge in [0.05, 0.1) is 18.1 Å². The van der Waals surface area contributed by atoms with Crippen LogP contribution in [0.4, 0.5) is 0 Å². The molecule has 7 nitrogen and oxygen atoms in total. The molecule has 22 heavy (non-hydrogen) atoms. The van der Waals surface area contributed by atoms with Gasteiger partial charge in [-0.3, -0.25) is 4.79 Å². The summed E-state index contributed by atoms with van der Waals surface area (Å²) < 4.78 is 5.64. The van der Waals surface area contributed by atoms with Gasteiger partial charge in [0.15, 0.2) is 5.17 Å². The van der Waals surface area contributed by atoms with E-state index in [1.807, 2.05) is 13.8 Å². The van der Waals surface area contributed by atoms with Crippen molar-refractivity contribution < 1.29 is 19.6 Å². The monoisotopic (exact) mass is 321 g/mol. The standard InChI is InChI=1S/C13H16BN3O4S/c1-8(2)21-11-4-3-10(14(19)20)5-9(11)6-15-17-13-16-12(18)7-22-13/h3-6,8,19-20H,7H2,1-2H3,(H,16,17,18). The highest BCUT2D eigenvalue weighted by Crippen LogP contribution is 2.17. The molecule has 0 aromatic heterocycles. The van der Waals surface area contributed by atoms with Crippen LogP contribution in [-0.2, 0) is 4.79 Å². The molecular formula is C13H16BN3O4S. The summed E-state index contributed by atoms with van der Waals surface area (Å²) in [7, 11) is -1.57. The quantitative estimate of drug-likeness (QED) is 0.393. The largest absolute Gasteiger partial charge is 0.490 e. The minimum Gasteiger partial charge on any atom is -0.490 e. The van der Waals surface area contributed by atoms with Crippen LogP contribution in [0.25, 0.3) is 0 Å². The zero-order valence-electron chi connectivity index (χ0n) is 12.2. The van der Waals surface area contributed by atoms with E-state index >= 15 is 0 Å². The van der Waals surface area contributed by atoms with Gasteiger partial charge >= 0.3 is 7.12 Å². The second kappa shape index (κ2) is 7.43. The molecule has 2 rings (SSSR count). The van der Waals surface area contributed by atoms with E-state index in [-0.39, 0.29) is 12.0 Å². The third-order valence-corrected chi connectivity index (χ3v) is 3.49. The maximum Gasteiger partial charge on any atom is 0.488 e. The number of nitrogens with zero attached hydrogens (tertiary/aromatic N) is 2. The van der Waals surface area contributed by atoms with Crippen molar-refractivity contribution in [2.75, 3.05) is 5.75 Å². The molecule has 0 aliphatic carbocycles. The number of ether oxygens (including phenoxy) is 1. The van der Waals surface area contributed by atoms with Crippen LogP contribution in [0.15, 0.2) is 28.4 Å². The number of benzene rings is 1. The number of thioether (sulfide) groups is 1.